The van der Waals surface area contributed by atoms with Crippen LogP contribution in [-0.4, -0.2) is 13.0 Å². The van der Waals surface area contributed by atoms with E-state index < -0.39 is 11.7 Å². The number of nitriles is 1. The molecular weight excluding hydrogens is 187 g/mol. The van der Waals surface area contributed by atoms with Crippen LogP contribution in [0.5, 0.6) is 5.75 Å². The Morgan fingerprint density at radius 2 is 2.29 bits per heavy atom. The number of halogens is 1. The first-order valence-electron chi connectivity index (χ1n) is 3.67. The van der Waals surface area contributed by atoms with Gasteiger partial charge in [0.25, 0.3) is 0 Å². The van der Waals surface area contributed by atoms with Gasteiger partial charge in [0, 0.05) is 5.56 Å². The summed E-state index contributed by atoms with van der Waals surface area (Å²) in [5.74, 6) is -1.70. The maximum absolute atomic E-state index is 13.2. The largest absolute Gasteiger partial charge is 0.494 e. The van der Waals surface area contributed by atoms with E-state index in [1.54, 1.807) is 6.07 Å². The zero-order valence-electron chi connectivity index (χ0n) is 7.37. The van der Waals surface area contributed by atoms with Gasteiger partial charge in [0.2, 0.25) is 5.91 Å². The monoisotopic (exact) mass is 194 g/mol. The smallest absolute Gasteiger partial charge is 0.248 e. The molecule has 0 aliphatic rings. The first-order chi connectivity index (χ1) is 6.60. The molecule has 0 heterocycles. The number of amides is 1. The molecule has 72 valence electrons. The first-order valence-corrected chi connectivity index (χ1v) is 3.67. The van der Waals surface area contributed by atoms with Crippen molar-refractivity contribution in [2.24, 2.45) is 5.73 Å². The van der Waals surface area contributed by atoms with Crippen molar-refractivity contribution in [3.8, 4) is 11.8 Å². The molecule has 0 aromatic heterocycles. The maximum Gasteiger partial charge on any atom is 0.248 e. The second kappa shape index (κ2) is 3.75. The number of methoxy groups -OCH3 is 1. The third kappa shape index (κ3) is 1.64. The highest BCUT2D eigenvalue weighted by Crippen LogP contribution is 2.22. The van der Waals surface area contributed by atoms with Gasteiger partial charge in [-0.3, -0.25) is 4.79 Å². The number of primary amides is 1. The molecule has 0 fully saturated rings. The van der Waals surface area contributed by atoms with Crippen LogP contribution in [0.4, 0.5) is 4.39 Å². The van der Waals surface area contributed by atoms with Gasteiger partial charge >= 0.3 is 0 Å². The Kier molecular flexibility index (Phi) is 2.67. The lowest BCUT2D eigenvalue weighted by atomic mass is 10.1. The van der Waals surface area contributed by atoms with E-state index >= 15 is 0 Å². The molecule has 0 saturated carbocycles. The Morgan fingerprint density at radius 3 is 2.71 bits per heavy atom. The maximum atomic E-state index is 13.2. The van der Waals surface area contributed by atoms with Crippen molar-refractivity contribution < 1.29 is 13.9 Å². The Bertz CT molecular complexity index is 424. The van der Waals surface area contributed by atoms with Crippen LogP contribution in [0, 0.1) is 17.1 Å². The zero-order chi connectivity index (χ0) is 10.7. The van der Waals surface area contributed by atoms with Crippen LogP contribution in [-0.2, 0) is 0 Å². The molecule has 0 aliphatic heterocycles. The van der Waals surface area contributed by atoms with Crippen LogP contribution in [0.1, 0.15) is 15.9 Å². The second-order valence-corrected chi connectivity index (χ2v) is 2.52. The molecule has 0 saturated heterocycles. The average Bonchev–Trinajstić information content (AvgIpc) is 2.17. The number of carbonyl (C=O) groups is 1. The van der Waals surface area contributed by atoms with Crippen molar-refractivity contribution >= 4 is 5.91 Å². The number of rotatable bonds is 2. The van der Waals surface area contributed by atoms with Gasteiger partial charge in [-0.1, -0.05) is 0 Å². The molecule has 0 aliphatic carbocycles. The third-order valence-electron chi connectivity index (χ3n) is 1.66. The minimum atomic E-state index is -0.792. The fraction of sp³-hybridized carbons (Fsp3) is 0.111. The molecule has 1 rings (SSSR count). The van der Waals surface area contributed by atoms with Crippen LogP contribution >= 0.6 is 0 Å². The Morgan fingerprint density at radius 1 is 1.64 bits per heavy atom. The fourth-order valence-electron chi connectivity index (χ4n) is 0.970. The minimum absolute atomic E-state index is 0.0415. The highest BCUT2D eigenvalue weighted by atomic mass is 19.1. The molecule has 4 nitrogen and oxygen atoms in total. The minimum Gasteiger partial charge on any atom is -0.494 e. The zero-order valence-corrected chi connectivity index (χ0v) is 7.37. The summed E-state index contributed by atoms with van der Waals surface area (Å²) >= 11 is 0. The topological polar surface area (TPSA) is 76.1 Å². The predicted octanol–water partition coefficient (Wildman–Crippen LogP) is 0.805. The highest BCUT2D eigenvalue weighted by Gasteiger charge is 2.13. The average molecular weight is 194 g/mol. The van der Waals surface area contributed by atoms with Crippen molar-refractivity contribution in [3.63, 3.8) is 0 Å². The van der Waals surface area contributed by atoms with Crippen LogP contribution in [0.3, 0.4) is 0 Å². The summed E-state index contributed by atoms with van der Waals surface area (Å²) in [6, 6.07) is 3.84. The van der Waals surface area contributed by atoms with Crippen molar-refractivity contribution in [1.29, 1.82) is 5.26 Å². The molecule has 0 radical (unpaired) electrons. The molecular formula is C9H7FN2O2. The lowest BCUT2D eigenvalue weighted by Crippen LogP contribution is -2.12. The van der Waals surface area contributed by atoms with Gasteiger partial charge < -0.3 is 10.5 Å². The van der Waals surface area contributed by atoms with Gasteiger partial charge in [-0.25, -0.2) is 4.39 Å². The Hall–Kier alpha value is -2.09. The summed E-state index contributed by atoms with van der Waals surface area (Å²) in [7, 11) is 1.24. The number of nitrogens with zero attached hydrogens (tertiary/aromatic N) is 1. The Balaban J connectivity index is 3.41. The molecule has 14 heavy (non-hydrogen) atoms. The molecule has 1 aromatic rings. The van der Waals surface area contributed by atoms with Gasteiger partial charge in [0.15, 0.2) is 11.6 Å². The summed E-state index contributed by atoms with van der Waals surface area (Å²) in [6.07, 6.45) is 0. The molecule has 2 N–H and O–H groups in total. The van der Waals surface area contributed by atoms with E-state index in [-0.39, 0.29) is 16.9 Å². The second-order valence-electron chi connectivity index (χ2n) is 2.52. The van der Waals surface area contributed by atoms with Gasteiger partial charge in [-0.15, -0.1) is 0 Å². The van der Waals surface area contributed by atoms with Crippen molar-refractivity contribution in [1.82, 2.24) is 0 Å². The molecule has 0 bridgehead atoms. The summed E-state index contributed by atoms with van der Waals surface area (Å²) in [5, 5.41) is 8.55. The third-order valence-corrected chi connectivity index (χ3v) is 1.66. The standard InChI is InChI=1S/C9H7FN2O2/c1-14-7-3-5(9(12)13)2-6(4-11)8(7)10/h2-3H,1H3,(H2,12,13). The highest BCUT2D eigenvalue weighted by molar-refractivity contribution is 5.93. The van der Waals surface area contributed by atoms with Crippen LogP contribution in [0.2, 0.25) is 0 Å². The molecule has 0 spiro atoms. The van der Waals surface area contributed by atoms with E-state index in [0.717, 1.165) is 12.1 Å². The lowest BCUT2D eigenvalue weighted by Gasteiger charge is -2.04. The number of hydrogen-bond donors (Lipinski definition) is 1. The first kappa shape index (κ1) is 9.99. The van der Waals surface area contributed by atoms with Crippen LogP contribution < -0.4 is 10.5 Å². The van der Waals surface area contributed by atoms with Gasteiger partial charge in [0.1, 0.15) is 6.07 Å². The molecule has 1 amide bonds. The molecule has 5 heteroatoms. The lowest BCUT2D eigenvalue weighted by molar-refractivity contribution is 0.1000. The van der Waals surface area contributed by atoms with Crippen molar-refractivity contribution in [3.05, 3.63) is 29.1 Å². The number of nitrogens with two attached hydrogens (primary N) is 1. The van der Waals surface area contributed by atoms with E-state index in [9.17, 15) is 9.18 Å². The van der Waals surface area contributed by atoms with Gasteiger partial charge in [-0.2, -0.15) is 5.26 Å². The van der Waals surface area contributed by atoms with E-state index in [4.69, 9.17) is 11.0 Å². The van der Waals surface area contributed by atoms with Crippen molar-refractivity contribution in [2.45, 2.75) is 0 Å². The van der Waals surface area contributed by atoms with Crippen LogP contribution in [0.25, 0.3) is 0 Å². The SMILES string of the molecule is COc1cc(C(N)=O)cc(C#N)c1F. The van der Waals surface area contributed by atoms with E-state index in [1.807, 2.05) is 0 Å². The van der Waals surface area contributed by atoms with Gasteiger partial charge in [-0.05, 0) is 12.1 Å². The van der Waals surface area contributed by atoms with Gasteiger partial charge in [0.05, 0.1) is 12.7 Å². The van der Waals surface area contributed by atoms with Crippen LogP contribution in [0.15, 0.2) is 12.1 Å². The predicted molar refractivity (Wildman–Crippen MR) is 46.2 cm³/mol. The number of carbonyl (C=O) groups excluding carboxylic acids is 1. The Labute approximate surface area is 79.7 Å². The van der Waals surface area contributed by atoms with Crippen molar-refractivity contribution in [2.75, 3.05) is 7.11 Å². The number of benzene rings is 1. The quantitative estimate of drug-likeness (QED) is 0.756. The normalized spacial score (nSPS) is 9.21. The molecule has 0 unspecified atom stereocenters. The van der Waals surface area contributed by atoms with E-state index in [0.29, 0.717) is 0 Å². The molecule has 0 atom stereocenters. The van der Waals surface area contributed by atoms with E-state index in [2.05, 4.69) is 4.74 Å². The summed E-state index contributed by atoms with van der Waals surface area (Å²) < 4.78 is 17.9. The summed E-state index contributed by atoms with van der Waals surface area (Å²) in [5.41, 5.74) is 4.76. The summed E-state index contributed by atoms with van der Waals surface area (Å²) in [6.45, 7) is 0. The van der Waals surface area contributed by atoms with E-state index in [1.165, 1.54) is 7.11 Å². The fourth-order valence-corrected chi connectivity index (χ4v) is 0.970. The number of hydrogen-bond acceptors (Lipinski definition) is 3. The summed E-state index contributed by atoms with van der Waals surface area (Å²) in [4.78, 5) is 10.8. The molecule has 1 aromatic carbocycles. The number of ether oxygens (including phenoxy) is 1.